The lowest BCUT2D eigenvalue weighted by Crippen LogP contribution is -2.70. The molecule has 8 atom stereocenters. The molecule has 3 aromatic rings. The van der Waals surface area contributed by atoms with Crippen LogP contribution in [0.3, 0.4) is 0 Å². The fourth-order valence-corrected chi connectivity index (χ4v) is 9.57. The number of hydrogen-bond donors (Lipinski definition) is 3. The molecule has 4 heterocycles. The zero-order valence-electron chi connectivity index (χ0n) is 35.2. The minimum Gasteiger partial charge on any atom is -0.499 e. The van der Waals surface area contributed by atoms with E-state index < -0.39 is 89.7 Å². The van der Waals surface area contributed by atoms with Crippen LogP contribution < -0.4 is 5.32 Å². The number of rotatable bonds is 15. The summed E-state index contributed by atoms with van der Waals surface area (Å²) >= 11 is 0. The molecule has 3 aromatic carbocycles. The van der Waals surface area contributed by atoms with Crippen LogP contribution >= 0.6 is 0 Å². The van der Waals surface area contributed by atoms with Gasteiger partial charge in [-0.3, -0.25) is 24.0 Å². The Hall–Kier alpha value is -5.16. The average molecular weight is 854 g/mol. The van der Waals surface area contributed by atoms with E-state index in [9.17, 15) is 19.5 Å². The molecule has 0 radical (unpaired) electrons. The summed E-state index contributed by atoms with van der Waals surface area (Å²) < 4.78 is 31.1. The largest absolute Gasteiger partial charge is 0.499 e. The molecule has 2 amide bonds. The van der Waals surface area contributed by atoms with Gasteiger partial charge in [0.05, 0.1) is 32.1 Å². The summed E-state index contributed by atoms with van der Waals surface area (Å²) in [7, 11) is 0. The zero-order valence-corrected chi connectivity index (χ0v) is 35.2. The van der Waals surface area contributed by atoms with Gasteiger partial charge in [0.2, 0.25) is 17.6 Å². The van der Waals surface area contributed by atoms with Gasteiger partial charge in [-0.25, -0.2) is 0 Å². The van der Waals surface area contributed by atoms with Crippen LogP contribution in [0.4, 0.5) is 0 Å². The summed E-state index contributed by atoms with van der Waals surface area (Å²) in [6, 6.07) is 23.7. The van der Waals surface area contributed by atoms with E-state index in [4.69, 9.17) is 33.6 Å². The molecule has 3 N–H and O–H groups in total. The highest BCUT2D eigenvalue weighted by molar-refractivity contribution is 5.96. The van der Waals surface area contributed by atoms with Crippen LogP contribution in [0.15, 0.2) is 91.2 Å². The second-order valence-corrected chi connectivity index (χ2v) is 17.5. The molecule has 1 saturated carbocycles. The van der Waals surface area contributed by atoms with Crippen molar-refractivity contribution in [1.29, 1.82) is 0 Å². The first-order chi connectivity index (χ1) is 29.9. The van der Waals surface area contributed by atoms with Gasteiger partial charge in [-0.15, -0.1) is 0 Å². The number of nitrogens with zero attached hydrogens (tertiary/aromatic N) is 2. The summed E-state index contributed by atoms with van der Waals surface area (Å²) in [5.74, 6) is -3.41. The Morgan fingerprint density at radius 2 is 1.63 bits per heavy atom. The molecular weight excluding hydrogens is 799 g/mol. The van der Waals surface area contributed by atoms with E-state index in [0.29, 0.717) is 24.0 Å². The number of carbonyl (C=O) groups excluding carboxylic acids is 4. The maximum Gasteiger partial charge on any atom is 0.327 e. The van der Waals surface area contributed by atoms with E-state index in [-0.39, 0.29) is 45.6 Å². The Morgan fingerprint density at radius 3 is 2.27 bits per heavy atom. The Bertz CT molecular complexity index is 2070. The standard InChI is InChI=1S/C47H55N3O12/c1-45(2,3)59-37(53)21-20-34(29-52)48-42(54)35-15-10-23-49(35)44(56)46-27-36-38-39(61-47(60-38,32-11-6-4-7-12-32)33-13-8-5-9-14-33)41(46)62-50(40(46)43(55)58-36)28-31-18-16-30(17-19-31)22-25-57-26-24-51/h4-9,11-14,16-19,22,25,34-36,38-41,51-52H,10,15,20-21,23-24,26-29H2,1-3H3,(H,48,54)/t34-,35+,36+,38-,39-,40-,41+,46-/m0/s1. The van der Waals surface area contributed by atoms with Crippen molar-refractivity contribution in [3.8, 4) is 0 Å². The molecule has 5 aliphatic rings. The molecule has 4 saturated heterocycles. The maximum atomic E-state index is 15.6. The van der Waals surface area contributed by atoms with E-state index in [1.54, 1.807) is 26.8 Å². The predicted octanol–water partition coefficient (Wildman–Crippen LogP) is 3.74. The topological polar surface area (TPSA) is 183 Å². The van der Waals surface area contributed by atoms with Crippen molar-refractivity contribution in [2.45, 2.75) is 113 Å². The number of esters is 2. The predicted molar refractivity (Wildman–Crippen MR) is 222 cm³/mol. The van der Waals surface area contributed by atoms with Gasteiger partial charge in [-0.2, -0.15) is 5.06 Å². The van der Waals surface area contributed by atoms with Crippen LogP contribution in [-0.4, -0.2) is 118 Å². The number of ether oxygens (including phenoxy) is 5. The first kappa shape index (κ1) is 43.5. The first-order valence-electron chi connectivity index (χ1n) is 21.4. The number of hydroxylamine groups is 2. The van der Waals surface area contributed by atoms with Crippen molar-refractivity contribution in [3.63, 3.8) is 0 Å². The summed E-state index contributed by atoms with van der Waals surface area (Å²) in [5.41, 5.74) is 0.837. The molecule has 15 heteroatoms. The number of carbonyl (C=O) groups is 4. The van der Waals surface area contributed by atoms with Crippen molar-refractivity contribution in [1.82, 2.24) is 15.3 Å². The van der Waals surface area contributed by atoms with Gasteiger partial charge in [-0.05, 0) is 57.2 Å². The maximum absolute atomic E-state index is 15.6. The lowest BCUT2D eigenvalue weighted by Gasteiger charge is -2.50. The number of likely N-dealkylation sites (tertiary alicyclic amines) is 1. The van der Waals surface area contributed by atoms with Crippen LogP contribution in [0.25, 0.3) is 6.08 Å². The third kappa shape index (κ3) is 8.37. The second-order valence-electron chi connectivity index (χ2n) is 17.5. The minimum atomic E-state index is -1.54. The van der Waals surface area contributed by atoms with Gasteiger partial charge >= 0.3 is 11.9 Å². The normalized spacial score (nSPS) is 28.0. The van der Waals surface area contributed by atoms with Crippen LogP contribution in [0, 0.1) is 5.41 Å². The molecule has 0 aromatic heterocycles. The number of fused-ring (bicyclic) bond motifs is 4. The Morgan fingerprint density at radius 1 is 0.952 bits per heavy atom. The SMILES string of the molecule is CC(C)(C)OC(=O)CC[C@@H](CO)NC(=O)[C@H]1CCCN1C(=O)[C@@]12C[C@H]3OC(=O)[C@@H]1N(Cc1ccc(C=COCCO)cc1)O[C@@H]2[C@H]1OC(c2ccccc2)(c2ccccc2)O[C@H]13. The third-order valence-corrected chi connectivity index (χ3v) is 12.2. The van der Waals surface area contributed by atoms with Gasteiger partial charge in [0.15, 0.2) is 6.04 Å². The van der Waals surface area contributed by atoms with E-state index in [1.807, 2.05) is 84.9 Å². The average Bonchev–Trinajstić information content (AvgIpc) is 4.01. The number of aliphatic hydroxyl groups excluding tert-OH is 2. The van der Waals surface area contributed by atoms with Crippen molar-refractivity contribution in [3.05, 3.63) is 113 Å². The molecular formula is C47H55N3O12. The summed E-state index contributed by atoms with van der Waals surface area (Å²) in [6.07, 6.45) is 0.705. The number of aliphatic hydroxyl groups is 2. The lowest BCUT2D eigenvalue weighted by atomic mass is 9.62. The number of hydrogen-bond acceptors (Lipinski definition) is 13. The van der Waals surface area contributed by atoms with Crippen LogP contribution in [0.5, 0.6) is 0 Å². The van der Waals surface area contributed by atoms with Gasteiger partial charge in [-0.1, -0.05) is 84.9 Å². The molecule has 5 fully saturated rings. The molecule has 1 aliphatic carbocycles. The molecule has 0 unspecified atom stereocenters. The van der Waals surface area contributed by atoms with E-state index >= 15 is 4.79 Å². The molecule has 330 valence electrons. The number of benzene rings is 3. The van der Waals surface area contributed by atoms with Crippen molar-refractivity contribution >= 4 is 29.8 Å². The van der Waals surface area contributed by atoms with Crippen molar-refractivity contribution in [2.75, 3.05) is 26.4 Å². The highest BCUT2D eigenvalue weighted by atomic mass is 16.8. The molecule has 2 bridgehead atoms. The van der Waals surface area contributed by atoms with E-state index in [1.165, 1.54) is 16.2 Å². The van der Waals surface area contributed by atoms with Crippen LogP contribution in [0.2, 0.25) is 0 Å². The van der Waals surface area contributed by atoms with Gasteiger partial charge in [0, 0.05) is 30.5 Å². The summed E-state index contributed by atoms with van der Waals surface area (Å²) in [4.78, 5) is 65.1. The number of nitrogens with one attached hydrogen (secondary N) is 1. The molecule has 8 rings (SSSR count). The summed E-state index contributed by atoms with van der Waals surface area (Å²) in [6.45, 7) is 5.33. The molecule has 4 aliphatic heterocycles. The monoisotopic (exact) mass is 853 g/mol. The summed E-state index contributed by atoms with van der Waals surface area (Å²) in [5, 5.41) is 23.6. The Labute approximate surface area is 360 Å². The van der Waals surface area contributed by atoms with Gasteiger partial charge in [0.25, 0.3) is 0 Å². The van der Waals surface area contributed by atoms with E-state index in [0.717, 1.165) is 11.1 Å². The molecule has 15 nitrogen and oxygen atoms in total. The highest BCUT2D eigenvalue weighted by Gasteiger charge is 2.77. The van der Waals surface area contributed by atoms with Gasteiger partial charge in [0.1, 0.15) is 48.1 Å². The Kier molecular flexibility index (Phi) is 12.6. The van der Waals surface area contributed by atoms with Crippen LogP contribution in [-0.2, 0) is 60.0 Å². The van der Waals surface area contributed by atoms with Gasteiger partial charge < -0.3 is 44.1 Å². The minimum absolute atomic E-state index is 0.0181. The fourth-order valence-electron chi connectivity index (χ4n) is 9.57. The molecule has 0 spiro atoms. The highest BCUT2D eigenvalue weighted by Crippen LogP contribution is 2.60. The quantitative estimate of drug-likeness (QED) is 0.114. The fraction of sp³-hybridized carbons (Fsp3) is 0.489. The molecule has 62 heavy (non-hydrogen) atoms. The second kappa shape index (κ2) is 17.9. The van der Waals surface area contributed by atoms with Crippen LogP contribution in [0.1, 0.15) is 75.1 Å². The first-order valence-corrected chi connectivity index (χ1v) is 21.4. The zero-order chi connectivity index (χ0) is 43.6. The smallest absolute Gasteiger partial charge is 0.327 e. The Balaban J connectivity index is 1.12. The number of amides is 2. The van der Waals surface area contributed by atoms with Crippen molar-refractivity contribution in [2.24, 2.45) is 5.41 Å². The third-order valence-electron chi connectivity index (χ3n) is 12.2. The van der Waals surface area contributed by atoms with E-state index in [2.05, 4.69) is 5.32 Å². The van der Waals surface area contributed by atoms with Crippen molar-refractivity contribution < 1.29 is 57.9 Å². The lowest BCUT2D eigenvalue weighted by molar-refractivity contribution is -0.214.